The van der Waals surface area contributed by atoms with E-state index in [9.17, 15) is 19.2 Å². The maximum Gasteiger partial charge on any atom is 0.339 e. The van der Waals surface area contributed by atoms with Gasteiger partial charge in [0.25, 0.3) is 11.1 Å². The smallest absolute Gasteiger partial charge is 0.339 e. The topological polar surface area (TPSA) is 106 Å². The summed E-state index contributed by atoms with van der Waals surface area (Å²) in [5, 5.41) is 8.25. The summed E-state index contributed by atoms with van der Waals surface area (Å²) in [5.41, 5.74) is 3.28. The van der Waals surface area contributed by atoms with Crippen LogP contribution in [0.2, 0.25) is 0 Å². The Morgan fingerprint density at radius 2 is 1.90 bits per heavy atom. The van der Waals surface area contributed by atoms with Crippen molar-refractivity contribution < 1.29 is 29.0 Å². The molecule has 8 nitrogen and oxygen atoms in total. The molecule has 0 radical (unpaired) electrons. The maximum atomic E-state index is 12.4. The minimum Gasteiger partial charge on any atom is -0.480 e. The first-order valence-electron chi connectivity index (χ1n) is 8.58. The number of carboxylic acids is 1. The van der Waals surface area contributed by atoms with E-state index in [1.807, 2.05) is 24.5 Å². The number of benzene rings is 1. The predicted octanol–water partition coefficient (Wildman–Crippen LogP) is 3.00. The van der Waals surface area contributed by atoms with E-state index in [0.717, 1.165) is 11.4 Å². The van der Waals surface area contributed by atoms with Crippen molar-refractivity contribution in [3.63, 3.8) is 0 Å². The van der Waals surface area contributed by atoms with Crippen LogP contribution in [0.4, 0.5) is 4.79 Å². The summed E-state index contributed by atoms with van der Waals surface area (Å²) in [5.74, 6) is -2.36. The summed E-state index contributed by atoms with van der Waals surface area (Å²) >= 11 is 0.702. The first kappa shape index (κ1) is 20.4. The number of methoxy groups -OCH3 is 1. The summed E-state index contributed by atoms with van der Waals surface area (Å²) in [6.07, 6.45) is 1.56. The summed E-state index contributed by atoms with van der Waals surface area (Å²) in [4.78, 5) is 48.2. The molecule has 1 aliphatic rings. The lowest BCUT2D eigenvalue weighted by atomic mass is 10.1. The van der Waals surface area contributed by atoms with Crippen LogP contribution in [0.5, 0.6) is 0 Å². The molecule has 0 aliphatic carbocycles. The van der Waals surface area contributed by atoms with Crippen LogP contribution in [0.3, 0.4) is 0 Å². The van der Waals surface area contributed by atoms with E-state index in [1.54, 1.807) is 30.3 Å². The zero-order chi connectivity index (χ0) is 21.3. The first-order chi connectivity index (χ1) is 13.7. The van der Waals surface area contributed by atoms with Gasteiger partial charge in [0.2, 0.25) is 0 Å². The highest BCUT2D eigenvalue weighted by Gasteiger charge is 2.36. The van der Waals surface area contributed by atoms with Crippen molar-refractivity contribution >= 4 is 40.9 Å². The second-order valence-electron chi connectivity index (χ2n) is 6.33. The summed E-state index contributed by atoms with van der Waals surface area (Å²) < 4.78 is 6.72. The summed E-state index contributed by atoms with van der Waals surface area (Å²) in [7, 11) is 1.31. The number of aromatic nitrogens is 1. The van der Waals surface area contributed by atoms with E-state index < -0.39 is 29.6 Å². The van der Waals surface area contributed by atoms with Crippen molar-refractivity contribution in [2.45, 2.75) is 13.8 Å². The number of amides is 2. The van der Waals surface area contributed by atoms with Gasteiger partial charge < -0.3 is 14.4 Å². The molecule has 0 saturated carbocycles. The van der Waals surface area contributed by atoms with E-state index in [0.29, 0.717) is 33.5 Å². The molecule has 0 atom stereocenters. The van der Waals surface area contributed by atoms with Gasteiger partial charge in [-0.1, -0.05) is 12.1 Å². The van der Waals surface area contributed by atoms with Gasteiger partial charge in [0.15, 0.2) is 0 Å². The molecular formula is C20H18N2O6S. The molecule has 2 aromatic rings. The molecule has 1 aromatic heterocycles. The maximum absolute atomic E-state index is 12.4. The number of para-hydroxylation sites is 1. The Hall–Kier alpha value is -3.33. The molecule has 29 heavy (non-hydrogen) atoms. The highest BCUT2D eigenvalue weighted by Crippen LogP contribution is 2.34. The van der Waals surface area contributed by atoms with E-state index in [4.69, 9.17) is 9.84 Å². The zero-order valence-corrected chi connectivity index (χ0v) is 16.8. The van der Waals surface area contributed by atoms with Gasteiger partial charge in [-0.15, -0.1) is 0 Å². The fourth-order valence-corrected chi connectivity index (χ4v) is 4.00. The Kier molecular flexibility index (Phi) is 5.60. The van der Waals surface area contributed by atoms with Crippen LogP contribution in [0.1, 0.15) is 27.3 Å². The van der Waals surface area contributed by atoms with E-state index in [-0.39, 0.29) is 4.91 Å². The third-order valence-corrected chi connectivity index (χ3v) is 5.38. The van der Waals surface area contributed by atoms with Gasteiger partial charge in [0.05, 0.1) is 23.3 Å². The highest BCUT2D eigenvalue weighted by molar-refractivity contribution is 8.18. The fourth-order valence-electron chi connectivity index (χ4n) is 3.17. The Morgan fingerprint density at radius 1 is 1.21 bits per heavy atom. The number of hydrogen-bond acceptors (Lipinski definition) is 6. The summed E-state index contributed by atoms with van der Waals surface area (Å²) in [6.45, 7) is 3.01. The molecule has 1 aliphatic heterocycles. The van der Waals surface area contributed by atoms with Crippen LogP contribution in [-0.4, -0.2) is 51.3 Å². The number of aryl methyl sites for hydroxylation is 1. The number of esters is 1. The first-order valence-corrected chi connectivity index (χ1v) is 9.40. The molecule has 2 amide bonds. The van der Waals surface area contributed by atoms with Crippen LogP contribution < -0.4 is 0 Å². The number of carbonyl (C=O) groups excluding carboxylic acids is 3. The van der Waals surface area contributed by atoms with Gasteiger partial charge in [0, 0.05) is 11.4 Å². The van der Waals surface area contributed by atoms with Gasteiger partial charge in [-0.2, -0.15) is 0 Å². The normalized spacial score (nSPS) is 15.3. The molecule has 1 fully saturated rings. The average molecular weight is 414 g/mol. The Bertz CT molecular complexity index is 1070. The van der Waals surface area contributed by atoms with Crippen LogP contribution in [0, 0.1) is 13.8 Å². The molecule has 0 bridgehead atoms. The molecular weight excluding hydrogens is 396 g/mol. The van der Waals surface area contributed by atoms with E-state index >= 15 is 0 Å². The van der Waals surface area contributed by atoms with Gasteiger partial charge in [0.1, 0.15) is 6.54 Å². The number of rotatable bonds is 5. The Labute approximate surface area is 170 Å². The SMILES string of the molecule is COC(=O)c1ccccc1-n1c(C)cc(/C=C2/SC(=O)N(CC(=O)O)C2=O)c1C. The number of carboxylic acid groups (broad SMARTS) is 1. The van der Waals surface area contributed by atoms with Crippen molar-refractivity contribution in [3.05, 3.63) is 57.8 Å². The monoisotopic (exact) mass is 414 g/mol. The van der Waals surface area contributed by atoms with Crippen LogP contribution in [0.25, 0.3) is 11.8 Å². The molecule has 1 saturated heterocycles. The molecule has 0 unspecified atom stereocenters. The zero-order valence-electron chi connectivity index (χ0n) is 16.0. The molecule has 2 heterocycles. The summed E-state index contributed by atoms with van der Waals surface area (Å²) in [6, 6.07) is 8.82. The molecule has 1 N–H and O–H groups in total. The predicted molar refractivity (Wildman–Crippen MR) is 107 cm³/mol. The minimum atomic E-state index is -1.26. The molecule has 1 aromatic carbocycles. The Morgan fingerprint density at radius 3 is 2.55 bits per heavy atom. The lowest BCUT2D eigenvalue weighted by molar-refractivity contribution is -0.140. The van der Waals surface area contributed by atoms with E-state index in [1.165, 1.54) is 7.11 Å². The standard InChI is InChI=1S/C20H18N2O6S/c1-11-8-13(9-16-18(25)21(10-17(23)24)20(27)29-16)12(2)22(11)15-7-5-4-6-14(15)19(26)28-3/h4-9H,10H2,1-3H3,(H,23,24)/b16-9+. The third-order valence-electron chi connectivity index (χ3n) is 4.47. The number of thioether (sulfide) groups is 1. The largest absolute Gasteiger partial charge is 0.480 e. The number of aliphatic carboxylic acids is 1. The van der Waals surface area contributed by atoms with E-state index in [2.05, 4.69) is 0 Å². The highest BCUT2D eigenvalue weighted by atomic mass is 32.2. The molecule has 3 rings (SSSR count). The van der Waals surface area contributed by atoms with Crippen molar-refractivity contribution in [2.24, 2.45) is 0 Å². The minimum absolute atomic E-state index is 0.151. The van der Waals surface area contributed by atoms with Crippen molar-refractivity contribution in [2.75, 3.05) is 13.7 Å². The molecule has 150 valence electrons. The lowest BCUT2D eigenvalue weighted by Gasteiger charge is -2.13. The number of imide groups is 1. The quantitative estimate of drug-likeness (QED) is 0.592. The average Bonchev–Trinajstić information content (AvgIpc) is 3.10. The van der Waals surface area contributed by atoms with Crippen molar-refractivity contribution in [1.29, 1.82) is 0 Å². The Balaban J connectivity index is 2.03. The number of nitrogens with zero attached hydrogens (tertiary/aromatic N) is 2. The second kappa shape index (κ2) is 7.96. The third kappa shape index (κ3) is 3.81. The number of carbonyl (C=O) groups is 4. The molecule has 9 heteroatoms. The van der Waals surface area contributed by atoms with Crippen molar-refractivity contribution in [1.82, 2.24) is 9.47 Å². The van der Waals surface area contributed by atoms with Crippen LogP contribution in [-0.2, 0) is 14.3 Å². The van der Waals surface area contributed by atoms with Gasteiger partial charge in [-0.25, -0.2) is 4.79 Å². The number of ether oxygens (including phenoxy) is 1. The van der Waals surface area contributed by atoms with Crippen molar-refractivity contribution in [3.8, 4) is 5.69 Å². The molecule has 0 spiro atoms. The lowest BCUT2D eigenvalue weighted by Crippen LogP contribution is -2.33. The van der Waals surface area contributed by atoms with Gasteiger partial charge >= 0.3 is 11.9 Å². The second-order valence-corrected chi connectivity index (χ2v) is 7.33. The van der Waals surface area contributed by atoms with Crippen LogP contribution in [0.15, 0.2) is 35.2 Å². The van der Waals surface area contributed by atoms with Gasteiger partial charge in [-0.05, 0) is 55.4 Å². The number of hydrogen-bond donors (Lipinski definition) is 1. The fraction of sp³-hybridized carbons (Fsp3) is 0.200. The van der Waals surface area contributed by atoms with Crippen LogP contribution >= 0.6 is 11.8 Å². The van der Waals surface area contributed by atoms with Gasteiger partial charge in [-0.3, -0.25) is 19.3 Å².